The Hall–Kier alpha value is -1.90. The molecule has 0 aromatic heterocycles. The lowest BCUT2D eigenvalue weighted by Crippen LogP contribution is -2.50. The van der Waals surface area contributed by atoms with Crippen molar-refractivity contribution in [2.45, 2.75) is 38.3 Å². The number of amides is 2. The van der Waals surface area contributed by atoms with Gasteiger partial charge in [0.05, 0.1) is 29.4 Å². The standard InChI is InChI=1S/C17H22ClFN4O3/c1-16(2,3)22-20-8-12(24)23-7-6-17(9-23)13-11(21-15(25)26-17)5-4-10(18)14(13)19/h4-5,20,22H,6-9H2,1-3H3,(H,21,25)/t17-/m0/s1. The Balaban J connectivity index is 1.78. The zero-order chi connectivity index (χ0) is 19.1. The van der Waals surface area contributed by atoms with Gasteiger partial charge in [0.15, 0.2) is 11.4 Å². The summed E-state index contributed by atoms with van der Waals surface area (Å²) in [6, 6.07) is 2.93. The fraction of sp³-hybridized carbons (Fsp3) is 0.529. The van der Waals surface area contributed by atoms with Gasteiger partial charge in [-0.3, -0.25) is 15.5 Å². The van der Waals surface area contributed by atoms with E-state index in [9.17, 15) is 14.0 Å². The molecule has 9 heteroatoms. The average molecular weight is 385 g/mol. The first-order valence-electron chi connectivity index (χ1n) is 8.38. The van der Waals surface area contributed by atoms with Crippen LogP contribution in [-0.2, 0) is 15.1 Å². The lowest BCUT2D eigenvalue weighted by Gasteiger charge is -2.35. The molecule has 0 aliphatic carbocycles. The van der Waals surface area contributed by atoms with Crippen LogP contribution >= 0.6 is 11.6 Å². The van der Waals surface area contributed by atoms with Crippen molar-refractivity contribution in [2.75, 3.05) is 25.0 Å². The second-order valence-corrected chi connectivity index (χ2v) is 7.99. The maximum Gasteiger partial charge on any atom is 0.412 e. The minimum absolute atomic E-state index is 0.0521. The molecule has 3 N–H and O–H groups in total. The van der Waals surface area contributed by atoms with Crippen molar-refractivity contribution in [1.82, 2.24) is 15.8 Å². The highest BCUT2D eigenvalue weighted by Crippen LogP contribution is 2.45. The predicted molar refractivity (Wildman–Crippen MR) is 95.3 cm³/mol. The summed E-state index contributed by atoms with van der Waals surface area (Å²) in [6.45, 7) is 6.41. The topological polar surface area (TPSA) is 82.7 Å². The third kappa shape index (κ3) is 3.62. The lowest BCUT2D eigenvalue weighted by atomic mass is 9.89. The van der Waals surface area contributed by atoms with Crippen LogP contribution < -0.4 is 16.2 Å². The lowest BCUT2D eigenvalue weighted by molar-refractivity contribution is -0.130. The maximum absolute atomic E-state index is 14.7. The van der Waals surface area contributed by atoms with Crippen molar-refractivity contribution in [3.63, 3.8) is 0 Å². The second-order valence-electron chi connectivity index (χ2n) is 7.59. The highest BCUT2D eigenvalue weighted by molar-refractivity contribution is 6.31. The predicted octanol–water partition coefficient (Wildman–Crippen LogP) is 2.36. The smallest absolute Gasteiger partial charge is 0.412 e. The number of nitrogens with zero attached hydrogens (tertiary/aromatic N) is 1. The van der Waals surface area contributed by atoms with Gasteiger partial charge < -0.3 is 9.64 Å². The molecule has 2 heterocycles. The van der Waals surface area contributed by atoms with Gasteiger partial charge in [0.25, 0.3) is 0 Å². The van der Waals surface area contributed by atoms with E-state index in [-0.39, 0.29) is 35.1 Å². The van der Waals surface area contributed by atoms with E-state index < -0.39 is 17.5 Å². The Labute approximate surface area is 156 Å². The third-order valence-electron chi connectivity index (χ3n) is 4.36. The summed E-state index contributed by atoms with van der Waals surface area (Å²) in [5.41, 5.74) is 5.01. The first kappa shape index (κ1) is 18.9. The highest BCUT2D eigenvalue weighted by Gasteiger charge is 2.50. The van der Waals surface area contributed by atoms with Crippen LogP contribution in [0.5, 0.6) is 0 Å². The molecule has 7 nitrogen and oxygen atoms in total. The molecule has 1 fully saturated rings. The largest absolute Gasteiger partial charge is 0.436 e. The molecule has 0 radical (unpaired) electrons. The van der Waals surface area contributed by atoms with E-state index in [0.717, 1.165) is 0 Å². The van der Waals surface area contributed by atoms with Crippen molar-refractivity contribution in [3.05, 3.63) is 28.5 Å². The monoisotopic (exact) mass is 384 g/mol. The number of rotatable bonds is 3. The van der Waals surface area contributed by atoms with Crippen molar-refractivity contribution >= 4 is 29.3 Å². The number of hydrogen-bond donors (Lipinski definition) is 3. The quantitative estimate of drug-likeness (QED) is 0.697. The average Bonchev–Trinajstić information content (AvgIpc) is 2.93. The normalized spacial score (nSPS) is 22.2. The summed E-state index contributed by atoms with van der Waals surface area (Å²) < 4.78 is 20.1. The number of hydrazine groups is 1. The van der Waals surface area contributed by atoms with E-state index >= 15 is 0 Å². The van der Waals surface area contributed by atoms with E-state index in [1.165, 1.54) is 6.07 Å². The molecular weight excluding hydrogens is 363 g/mol. The fourth-order valence-electron chi connectivity index (χ4n) is 3.24. The summed E-state index contributed by atoms with van der Waals surface area (Å²) in [7, 11) is 0. The molecule has 1 aromatic carbocycles. The van der Waals surface area contributed by atoms with Gasteiger partial charge >= 0.3 is 6.09 Å². The van der Waals surface area contributed by atoms with Crippen LogP contribution in [0.25, 0.3) is 0 Å². The number of likely N-dealkylation sites (tertiary alicyclic amines) is 1. The Kier molecular flexibility index (Phi) is 4.85. The van der Waals surface area contributed by atoms with Gasteiger partial charge in [-0.15, -0.1) is 0 Å². The van der Waals surface area contributed by atoms with E-state index in [1.54, 1.807) is 11.0 Å². The molecule has 0 unspecified atom stereocenters. The fourth-order valence-corrected chi connectivity index (χ4v) is 3.40. The van der Waals surface area contributed by atoms with Crippen LogP contribution in [0.4, 0.5) is 14.9 Å². The van der Waals surface area contributed by atoms with Crippen molar-refractivity contribution in [2.24, 2.45) is 0 Å². The molecule has 1 atom stereocenters. The van der Waals surface area contributed by atoms with Crippen LogP contribution in [0.1, 0.15) is 32.8 Å². The van der Waals surface area contributed by atoms with Gasteiger partial charge in [0, 0.05) is 18.5 Å². The number of carbonyl (C=O) groups excluding carboxylic acids is 2. The summed E-state index contributed by atoms with van der Waals surface area (Å²) >= 11 is 5.91. The maximum atomic E-state index is 14.7. The van der Waals surface area contributed by atoms with Crippen LogP contribution in [0.2, 0.25) is 5.02 Å². The molecule has 1 saturated heterocycles. The van der Waals surface area contributed by atoms with Gasteiger partial charge in [-0.05, 0) is 32.9 Å². The minimum Gasteiger partial charge on any atom is -0.436 e. The number of nitrogens with one attached hydrogen (secondary N) is 3. The molecule has 1 aromatic rings. The molecule has 3 rings (SSSR count). The highest BCUT2D eigenvalue weighted by atomic mass is 35.5. The molecule has 26 heavy (non-hydrogen) atoms. The van der Waals surface area contributed by atoms with Crippen molar-refractivity contribution in [1.29, 1.82) is 0 Å². The Morgan fingerprint density at radius 3 is 2.88 bits per heavy atom. The summed E-state index contributed by atoms with van der Waals surface area (Å²) in [4.78, 5) is 25.9. The summed E-state index contributed by atoms with van der Waals surface area (Å²) in [5.74, 6) is -0.803. The van der Waals surface area contributed by atoms with Gasteiger partial charge in [-0.25, -0.2) is 14.6 Å². The minimum atomic E-state index is -1.22. The molecule has 0 bridgehead atoms. The van der Waals surface area contributed by atoms with Crippen LogP contribution in [0.15, 0.2) is 12.1 Å². The van der Waals surface area contributed by atoms with Crippen LogP contribution in [0, 0.1) is 5.82 Å². The van der Waals surface area contributed by atoms with Gasteiger partial charge in [-0.2, -0.15) is 0 Å². The number of hydrogen-bond acceptors (Lipinski definition) is 5. The Bertz CT molecular complexity index is 752. The van der Waals surface area contributed by atoms with Gasteiger partial charge in [-0.1, -0.05) is 11.6 Å². The molecule has 2 aliphatic heterocycles. The number of carbonyl (C=O) groups is 2. The molecule has 2 amide bonds. The van der Waals surface area contributed by atoms with Crippen molar-refractivity contribution < 1.29 is 18.7 Å². The first-order chi connectivity index (χ1) is 12.1. The Morgan fingerprint density at radius 2 is 2.19 bits per heavy atom. The molecule has 2 aliphatic rings. The number of anilines is 1. The number of benzene rings is 1. The summed E-state index contributed by atoms with van der Waals surface area (Å²) in [5, 5.41) is 2.44. The molecule has 142 valence electrons. The number of fused-ring (bicyclic) bond motifs is 2. The zero-order valence-corrected chi connectivity index (χ0v) is 15.7. The SMILES string of the molecule is CC(C)(C)NNCC(=O)N1CC[C@@]2(C1)OC(=O)Nc1ccc(Cl)c(F)c12. The van der Waals surface area contributed by atoms with E-state index in [0.29, 0.717) is 18.7 Å². The van der Waals surface area contributed by atoms with E-state index in [2.05, 4.69) is 16.2 Å². The van der Waals surface area contributed by atoms with Gasteiger partial charge in [0.1, 0.15) is 0 Å². The van der Waals surface area contributed by atoms with Crippen molar-refractivity contribution in [3.8, 4) is 0 Å². The third-order valence-corrected chi connectivity index (χ3v) is 4.65. The van der Waals surface area contributed by atoms with E-state index in [4.69, 9.17) is 16.3 Å². The van der Waals surface area contributed by atoms with E-state index in [1.807, 2.05) is 20.8 Å². The zero-order valence-electron chi connectivity index (χ0n) is 14.9. The molecule has 0 saturated carbocycles. The summed E-state index contributed by atoms with van der Waals surface area (Å²) in [6.07, 6.45) is -0.357. The number of halogens is 2. The van der Waals surface area contributed by atoms with Crippen LogP contribution in [-0.4, -0.2) is 42.1 Å². The Morgan fingerprint density at radius 1 is 1.46 bits per heavy atom. The second kappa shape index (κ2) is 6.68. The first-order valence-corrected chi connectivity index (χ1v) is 8.75. The number of ether oxygens (including phenoxy) is 1. The molecular formula is C17H22ClFN4O3. The molecule has 1 spiro atoms. The van der Waals surface area contributed by atoms with Crippen LogP contribution in [0.3, 0.4) is 0 Å². The van der Waals surface area contributed by atoms with Gasteiger partial charge in [0.2, 0.25) is 5.91 Å².